The normalized spacial score (nSPS) is 11.5. The van der Waals surface area contributed by atoms with Crippen molar-refractivity contribution < 1.29 is 9.59 Å². The molecule has 3 rings (SSSR count). The van der Waals surface area contributed by atoms with E-state index in [-0.39, 0.29) is 11.8 Å². The fourth-order valence-corrected chi connectivity index (χ4v) is 2.86. The van der Waals surface area contributed by atoms with Crippen LogP contribution < -0.4 is 10.6 Å². The molecule has 4 nitrogen and oxygen atoms in total. The van der Waals surface area contributed by atoms with Gasteiger partial charge in [0.1, 0.15) is 6.04 Å². The Balaban J connectivity index is 1.86. The van der Waals surface area contributed by atoms with Crippen molar-refractivity contribution in [3.63, 3.8) is 0 Å². The van der Waals surface area contributed by atoms with Crippen molar-refractivity contribution in [2.45, 2.75) is 6.04 Å². The second kappa shape index (κ2) is 8.71. The highest BCUT2D eigenvalue weighted by molar-refractivity contribution is 6.31. The third kappa shape index (κ3) is 5.09. The van der Waals surface area contributed by atoms with Gasteiger partial charge in [0.15, 0.2) is 0 Å². The van der Waals surface area contributed by atoms with Crippen LogP contribution in [0.4, 0.5) is 5.69 Å². The van der Waals surface area contributed by atoms with Crippen LogP contribution in [-0.2, 0) is 4.79 Å². The summed E-state index contributed by atoms with van der Waals surface area (Å²) < 4.78 is 0. The summed E-state index contributed by atoms with van der Waals surface area (Å²) in [6.07, 6.45) is 0. The first kappa shape index (κ1) is 19.0. The molecule has 0 fully saturated rings. The lowest BCUT2D eigenvalue weighted by Crippen LogP contribution is -2.37. The molecule has 0 aliphatic heterocycles. The highest BCUT2D eigenvalue weighted by atomic mass is 35.5. The van der Waals surface area contributed by atoms with E-state index in [1.165, 1.54) is 0 Å². The van der Waals surface area contributed by atoms with Crippen LogP contribution in [-0.4, -0.2) is 11.8 Å². The molecule has 3 aromatic carbocycles. The van der Waals surface area contributed by atoms with Crippen LogP contribution in [0.5, 0.6) is 0 Å². The minimum absolute atomic E-state index is 0.350. The molecule has 2 amide bonds. The third-order valence-electron chi connectivity index (χ3n) is 3.87. The number of anilines is 1. The Morgan fingerprint density at radius 1 is 0.778 bits per heavy atom. The van der Waals surface area contributed by atoms with E-state index in [0.717, 1.165) is 0 Å². The van der Waals surface area contributed by atoms with Gasteiger partial charge < -0.3 is 10.6 Å². The Hall–Kier alpha value is -2.82. The summed E-state index contributed by atoms with van der Waals surface area (Å²) in [5.74, 6) is -0.735. The molecule has 6 heteroatoms. The first-order valence-corrected chi connectivity index (χ1v) is 8.96. The second-order valence-electron chi connectivity index (χ2n) is 5.82. The van der Waals surface area contributed by atoms with Gasteiger partial charge in [-0.05, 0) is 48.0 Å². The van der Waals surface area contributed by atoms with Crippen LogP contribution >= 0.6 is 23.2 Å². The third-order valence-corrected chi connectivity index (χ3v) is 4.36. The van der Waals surface area contributed by atoms with E-state index in [0.29, 0.717) is 26.9 Å². The number of halogens is 2. The molecule has 0 unspecified atom stereocenters. The summed E-state index contributed by atoms with van der Waals surface area (Å²) in [5, 5.41) is 6.61. The van der Waals surface area contributed by atoms with Crippen molar-refractivity contribution >= 4 is 40.7 Å². The van der Waals surface area contributed by atoms with Gasteiger partial charge in [-0.3, -0.25) is 9.59 Å². The number of rotatable bonds is 5. The summed E-state index contributed by atoms with van der Waals surface area (Å²) in [7, 11) is 0. The van der Waals surface area contributed by atoms with Gasteiger partial charge in [-0.2, -0.15) is 0 Å². The van der Waals surface area contributed by atoms with E-state index in [2.05, 4.69) is 10.6 Å². The number of amides is 2. The molecule has 0 radical (unpaired) electrons. The molecule has 27 heavy (non-hydrogen) atoms. The number of benzene rings is 3. The Bertz CT molecular complexity index is 944. The second-order valence-corrected chi connectivity index (χ2v) is 6.70. The fourth-order valence-electron chi connectivity index (χ4n) is 2.54. The molecular formula is C21H16Cl2N2O2. The van der Waals surface area contributed by atoms with Crippen molar-refractivity contribution in [2.24, 2.45) is 0 Å². The molecule has 0 aromatic heterocycles. The van der Waals surface area contributed by atoms with Crippen molar-refractivity contribution in [3.05, 3.63) is 100 Å². The van der Waals surface area contributed by atoms with Crippen molar-refractivity contribution in [1.82, 2.24) is 5.32 Å². The minimum atomic E-state index is -0.894. The zero-order valence-electron chi connectivity index (χ0n) is 14.2. The lowest BCUT2D eigenvalue weighted by molar-refractivity contribution is -0.118. The quantitative estimate of drug-likeness (QED) is 0.627. The first-order chi connectivity index (χ1) is 13.0. The van der Waals surface area contributed by atoms with Crippen LogP contribution in [0.2, 0.25) is 10.0 Å². The van der Waals surface area contributed by atoms with E-state index in [9.17, 15) is 9.59 Å². The number of nitrogens with one attached hydrogen (secondary N) is 2. The first-order valence-electron chi connectivity index (χ1n) is 8.21. The molecule has 0 heterocycles. The standard InChI is InChI=1S/C21H16Cl2N2O2/c22-16-11-9-14(10-12-16)19(25-20(26)15-5-2-1-3-6-15)21(27)24-18-8-4-7-17(23)13-18/h1-13,19H,(H,24,27)(H,25,26)/t19-/m0/s1. The Morgan fingerprint density at radius 3 is 2.15 bits per heavy atom. The number of hydrogen-bond acceptors (Lipinski definition) is 2. The summed E-state index contributed by atoms with van der Waals surface area (Å²) in [6, 6.07) is 21.4. The highest BCUT2D eigenvalue weighted by Gasteiger charge is 2.23. The molecule has 2 N–H and O–H groups in total. The number of hydrogen-bond donors (Lipinski definition) is 2. The molecule has 0 saturated heterocycles. The Labute approximate surface area is 167 Å². The lowest BCUT2D eigenvalue weighted by Gasteiger charge is -2.19. The molecular weight excluding hydrogens is 383 g/mol. The molecule has 136 valence electrons. The maximum absolute atomic E-state index is 12.9. The van der Waals surface area contributed by atoms with Crippen molar-refractivity contribution in [1.29, 1.82) is 0 Å². The van der Waals surface area contributed by atoms with Gasteiger partial charge in [0.2, 0.25) is 0 Å². The average molecular weight is 399 g/mol. The van der Waals surface area contributed by atoms with Crippen molar-refractivity contribution in [3.8, 4) is 0 Å². The zero-order valence-corrected chi connectivity index (χ0v) is 15.7. The van der Waals surface area contributed by atoms with Crippen LogP contribution in [0, 0.1) is 0 Å². The SMILES string of the molecule is O=C(N[C@H](C(=O)Nc1cccc(Cl)c1)c1ccc(Cl)cc1)c1ccccc1. The van der Waals surface area contributed by atoms with Gasteiger partial charge in [-0.25, -0.2) is 0 Å². The predicted molar refractivity (Wildman–Crippen MR) is 108 cm³/mol. The van der Waals surface area contributed by atoms with Gasteiger partial charge in [-0.15, -0.1) is 0 Å². The fraction of sp³-hybridized carbons (Fsp3) is 0.0476. The van der Waals surface area contributed by atoms with E-state index < -0.39 is 6.04 Å². The largest absolute Gasteiger partial charge is 0.336 e. The number of carbonyl (C=O) groups is 2. The van der Waals surface area contributed by atoms with E-state index in [1.54, 1.807) is 72.8 Å². The van der Waals surface area contributed by atoms with E-state index in [1.807, 2.05) is 6.07 Å². The van der Waals surface area contributed by atoms with Crippen LogP contribution in [0.3, 0.4) is 0 Å². The number of carbonyl (C=O) groups excluding carboxylic acids is 2. The summed E-state index contributed by atoms with van der Waals surface area (Å²) in [4.78, 5) is 25.4. The monoisotopic (exact) mass is 398 g/mol. The Kier molecular flexibility index (Phi) is 6.12. The molecule has 0 saturated carbocycles. The summed E-state index contributed by atoms with van der Waals surface area (Å²) in [5.41, 5.74) is 1.62. The van der Waals surface area contributed by atoms with Gasteiger partial charge in [0, 0.05) is 21.3 Å². The molecule has 0 bridgehead atoms. The zero-order chi connectivity index (χ0) is 19.2. The molecule has 0 spiro atoms. The Morgan fingerprint density at radius 2 is 1.48 bits per heavy atom. The van der Waals surface area contributed by atoms with E-state index >= 15 is 0 Å². The van der Waals surface area contributed by atoms with Gasteiger partial charge in [-0.1, -0.05) is 59.6 Å². The molecule has 0 aliphatic carbocycles. The lowest BCUT2D eigenvalue weighted by atomic mass is 10.0. The molecule has 0 aliphatic rings. The average Bonchev–Trinajstić information content (AvgIpc) is 2.67. The van der Waals surface area contributed by atoms with Crippen LogP contribution in [0.1, 0.15) is 22.0 Å². The summed E-state index contributed by atoms with van der Waals surface area (Å²) in [6.45, 7) is 0. The molecule has 3 aromatic rings. The summed E-state index contributed by atoms with van der Waals surface area (Å²) >= 11 is 11.9. The van der Waals surface area contributed by atoms with Gasteiger partial charge in [0.05, 0.1) is 0 Å². The maximum atomic E-state index is 12.9. The van der Waals surface area contributed by atoms with Crippen molar-refractivity contribution in [2.75, 3.05) is 5.32 Å². The van der Waals surface area contributed by atoms with E-state index in [4.69, 9.17) is 23.2 Å². The van der Waals surface area contributed by atoms with Gasteiger partial charge in [0.25, 0.3) is 11.8 Å². The predicted octanol–water partition coefficient (Wildman–Crippen LogP) is 5.10. The maximum Gasteiger partial charge on any atom is 0.252 e. The van der Waals surface area contributed by atoms with Crippen LogP contribution in [0.15, 0.2) is 78.9 Å². The molecule has 1 atom stereocenters. The smallest absolute Gasteiger partial charge is 0.252 e. The highest BCUT2D eigenvalue weighted by Crippen LogP contribution is 2.21. The topological polar surface area (TPSA) is 58.2 Å². The minimum Gasteiger partial charge on any atom is -0.336 e. The van der Waals surface area contributed by atoms with Gasteiger partial charge >= 0.3 is 0 Å². The van der Waals surface area contributed by atoms with Crippen LogP contribution in [0.25, 0.3) is 0 Å².